The Labute approximate surface area is 138 Å². The van der Waals surface area contributed by atoms with Crippen LogP contribution in [0, 0.1) is 5.92 Å². The summed E-state index contributed by atoms with van der Waals surface area (Å²) in [5.74, 6) is -1.51. The monoisotopic (exact) mass is 329 g/mol. The molecule has 1 heterocycles. The van der Waals surface area contributed by atoms with Gasteiger partial charge in [-0.15, -0.1) is 0 Å². The van der Waals surface area contributed by atoms with E-state index < -0.39 is 17.6 Å². The minimum absolute atomic E-state index is 0.356. The van der Waals surface area contributed by atoms with Gasteiger partial charge in [0.15, 0.2) is 5.58 Å². The Balaban J connectivity index is 1.60. The fourth-order valence-electron chi connectivity index (χ4n) is 2.76. The fourth-order valence-corrected chi connectivity index (χ4v) is 2.76. The molecule has 1 atom stereocenters. The van der Waals surface area contributed by atoms with Crippen molar-refractivity contribution in [1.29, 1.82) is 0 Å². The molecule has 0 radical (unpaired) electrons. The first-order valence-corrected chi connectivity index (χ1v) is 7.88. The van der Waals surface area contributed by atoms with Crippen LogP contribution >= 0.6 is 0 Å². The minimum atomic E-state index is -0.737. The van der Waals surface area contributed by atoms with Crippen LogP contribution in [0.15, 0.2) is 39.6 Å². The summed E-state index contributed by atoms with van der Waals surface area (Å²) in [5, 5.41) is 5.17. The molecule has 0 bridgehead atoms. The van der Waals surface area contributed by atoms with E-state index in [2.05, 4.69) is 22.8 Å². The quantitative estimate of drug-likeness (QED) is 0.660. The van der Waals surface area contributed by atoms with Crippen molar-refractivity contribution in [1.82, 2.24) is 9.88 Å². The highest BCUT2D eigenvalue weighted by molar-refractivity contribution is 6.39. The van der Waals surface area contributed by atoms with Gasteiger partial charge in [0.25, 0.3) is 0 Å². The van der Waals surface area contributed by atoms with Gasteiger partial charge in [-0.25, -0.2) is 4.79 Å². The first-order valence-electron chi connectivity index (χ1n) is 7.88. The van der Waals surface area contributed by atoms with Gasteiger partial charge in [-0.1, -0.05) is 12.2 Å². The van der Waals surface area contributed by atoms with Crippen LogP contribution in [0.2, 0.25) is 0 Å². The Bertz CT molecular complexity index is 862. The predicted molar refractivity (Wildman–Crippen MR) is 89.6 cm³/mol. The van der Waals surface area contributed by atoms with Crippen molar-refractivity contribution < 1.29 is 14.0 Å². The molecule has 3 rings (SSSR count). The molecule has 7 nitrogen and oxygen atoms in total. The van der Waals surface area contributed by atoms with Gasteiger partial charge in [-0.05, 0) is 37.3 Å². The molecule has 2 aromatic rings. The number of allylic oxidation sites excluding steroid dienone is 2. The smallest absolute Gasteiger partial charge is 0.408 e. The van der Waals surface area contributed by atoms with Crippen molar-refractivity contribution in [3.8, 4) is 0 Å². The van der Waals surface area contributed by atoms with Crippen LogP contribution in [0.1, 0.15) is 19.3 Å². The molecule has 1 aromatic heterocycles. The van der Waals surface area contributed by atoms with E-state index in [1.807, 2.05) is 0 Å². The van der Waals surface area contributed by atoms with Crippen LogP contribution in [0.3, 0.4) is 0 Å². The number of nitrogens with zero attached hydrogens (tertiary/aromatic N) is 1. The predicted octanol–water partition coefficient (Wildman–Crippen LogP) is 1.54. The number of aromatic nitrogens is 1. The Hall–Kier alpha value is -2.83. The maximum atomic E-state index is 12.0. The summed E-state index contributed by atoms with van der Waals surface area (Å²) in [4.78, 5) is 35.3. The van der Waals surface area contributed by atoms with Crippen molar-refractivity contribution in [2.24, 2.45) is 13.0 Å². The van der Waals surface area contributed by atoms with Gasteiger partial charge in [-0.3, -0.25) is 14.2 Å². The number of oxazole rings is 1. The number of fused-ring (bicyclic) bond motifs is 1. The number of nitrogens with one attached hydrogen (secondary N) is 2. The molecule has 2 N–H and O–H groups in total. The number of hydrogen-bond donors (Lipinski definition) is 2. The zero-order valence-electron chi connectivity index (χ0n) is 13.4. The number of carbonyl (C=O) groups excluding carboxylic acids is 2. The van der Waals surface area contributed by atoms with E-state index >= 15 is 0 Å². The molecule has 0 fully saturated rings. The molecular formula is C17H19N3O4. The average molecular weight is 329 g/mol. The highest BCUT2D eigenvalue weighted by Crippen LogP contribution is 2.18. The third kappa shape index (κ3) is 3.40. The molecule has 1 aromatic carbocycles. The second-order valence-corrected chi connectivity index (χ2v) is 5.92. The third-order valence-electron chi connectivity index (χ3n) is 4.19. The highest BCUT2D eigenvalue weighted by Gasteiger charge is 2.17. The lowest BCUT2D eigenvalue weighted by Crippen LogP contribution is -2.38. The normalized spacial score (nSPS) is 17.0. The van der Waals surface area contributed by atoms with Gasteiger partial charge in [0.2, 0.25) is 0 Å². The summed E-state index contributed by atoms with van der Waals surface area (Å²) in [5.41, 5.74) is 1.38. The second-order valence-electron chi connectivity index (χ2n) is 5.92. The van der Waals surface area contributed by atoms with Gasteiger partial charge >= 0.3 is 17.6 Å². The summed E-state index contributed by atoms with van der Waals surface area (Å²) in [7, 11) is 1.60. The Morgan fingerprint density at radius 1 is 1.29 bits per heavy atom. The molecule has 0 unspecified atom stereocenters. The van der Waals surface area contributed by atoms with Crippen LogP contribution in [-0.4, -0.2) is 22.9 Å². The van der Waals surface area contributed by atoms with E-state index in [1.54, 1.807) is 19.2 Å². The summed E-state index contributed by atoms with van der Waals surface area (Å²) in [6.45, 7) is 0.489. The summed E-state index contributed by atoms with van der Waals surface area (Å²) in [6, 6.07) is 4.80. The van der Waals surface area contributed by atoms with Crippen LogP contribution in [0.4, 0.5) is 5.69 Å². The number of hydrogen-bond acceptors (Lipinski definition) is 4. The Morgan fingerprint density at radius 2 is 2.12 bits per heavy atom. The van der Waals surface area contributed by atoms with E-state index in [4.69, 9.17) is 4.42 Å². The Morgan fingerprint density at radius 3 is 2.88 bits per heavy atom. The standard InChI is InChI=1S/C17H19N3O4/c1-20-13-8-7-12(9-14(13)24-17(20)23)19-16(22)15(21)18-10-11-5-3-2-4-6-11/h2-3,7-9,11H,4-6,10H2,1H3,(H,18,21)(H,19,22)/t11-/m0/s1. The maximum absolute atomic E-state index is 12.0. The first kappa shape index (κ1) is 16.0. The molecule has 0 aliphatic heterocycles. The number of anilines is 1. The molecular weight excluding hydrogens is 310 g/mol. The molecule has 1 aliphatic rings. The van der Waals surface area contributed by atoms with Crippen molar-refractivity contribution in [3.63, 3.8) is 0 Å². The van der Waals surface area contributed by atoms with Gasteiger partial charge in [0.05, 0.1) is 5.52 Å². The van der Waals surface area contributed by atoms with Crippen molar-refractivity contribution in [2.75, 3.05) is 11.9 Å². The topological polar surface area (TPSA) is 93.3 Å². The van der Waals surface area contributed by atoms with Crippen LogP contribution < -0.4 is 16.4 Å². The fraction of sp³-hybridized carbons (Fsp3) is 0.353. The third-order valence-corrected chi connectivity index (χ3v) is 4.19. The highest BCUT2D eigenvalue weighted by atomic mass is 16.4. The lowest BCUT2D eigenvalue weighted by atomic mass is 9.94. The minimum Gasteiger partial charge on any atom is -0.408 e. The van der Waals surface area contributed by atoms with E-state index in [0.717, 1.165) is 19.3 Å². The van der Waals surface area contributed by atoms with E-state index in [0.29, 0.717) is 29.2 Å². The average Bonchev–Trinajstić information content (AvgIpc) is 2.87. The van der Waals surface area contributed by atoms with Crippen molar-refractivity contribution >= 4 is 28.6 Å². The molecule has 24 heavy (non-hydrogen) atoms. The first-order chi connectivity index (χ1) is 11.5. The number of rotatable bonds is 3. The zero-order chi connectivity index (χ0) is 17.1. The molecule has 0 saturated carbocycles. The second kappa shape index (κ2) is 6.74. The number of benzene rings is 1. The van der Waals surface area contributed by atoms with Gasteiger partial charge in [-0.2, -0.15) is 0 Å². The lowest BCUT2D eigenvalue weighted by Gasteiger charge is -2.17. The maximum Gasteiger partial charge on any atom is 0.419 e. The molecule has 2 amide bonds. The van der Waals surface area contributed by atoms with E-state index in [9.17, 15) is 14.4 Å². The van der Waals surface area contributed by atoms with Crippen molar-refractivity contribution in [2.45, 2.75) is 19.3 Å². The Kier molecular flexibility index (Phi) is 4.50. The van der Waals surface area contributed by atoms with Crippen LogP contribution in [-0.2, 0) is 16.6 Å². The number of carbonyl (C=O) groups is 2. The molecule has 126 valence electrons. The number of aryl methyl sites for hydroxylation is 1. The molecule has 7 heteroatoms. The van der Waals surface area contributed by atoms with Gasteiger partial charge in [0.1, 0.15) is 0 Å². The molecule has 0 spiro atoms. The van der Waals surface area contributed by atoms with E-state index in [1.165, 1.54) is 10.6 Å². The largest absolute Gasteiger partial charge is 0.419 e. The number of amides is 2. The summed E-state index contributed by atoms with van der Waals surface area (Å²) >= 11 is 0. The van der Waals surface area contributed by atoms with Gasteiger partial charge < -0.3 is 15.1 Å². The molecule has 1 aliphatic carbocycles. The lowest BCUT2D eigenvalue weighted by molar-refractivity contribution is -0.136. The SMILES string of the molecule is Cn1c(=O)oc2cc(NC(=O)C(=O)NC[C@H]3CC=CCC3)ccc21. The summed E-state index contributed by atoms with van der Waals surface area (Å²) < 4.78 is 6.42. The van der Waals surface area contributed by atoms with Crippen LogP contribution in [0.5, 0.6) is 0 Å². The molecule has 0 saturated heterocycles. The van der Waals surface area contributed by atoms with E-state index in [-0.39, 0.29) is 0 Å². The van der Waals surface area contributed by atoms with Gasteiger partial charge in [0, 0.05) is 25.3 Å². The summed E-state index contributed by atoms with van der Waals surface area (Å²) in [6.07, 6.45) is 7.18. The van der Waals surface area contributed by atoms with Crippen LogP contribution in [0.25, 0.3) is 11.1 Å². The van der Waals surface area contributed by atoms with Crippen molar-refractivity contribution in [3.05, 3.63) is 40.9 Å². The zero-order valence-corrected chi connectivity index (χ0v) is 13.4.